The molecular weight excluding hydrogens is 410 g/mol. The summed E-state index contributed by atoms with van der Waals surface area (Å²) in [5.41, 5.74) is 4.54. The van der Waals surface area contributed by atoms with Crippen LogP contribution in [0.25, 0.3) is 5.69 Å². The third-order valence-electron chi connectivity index (χ3n) is 4.36. The van der Waals surface area contributed by atoms with Crippen LogP contribution >= 0.6 is 0 Å². The maximum Gasteiger partial charge on any atom is 0.342 e. The molecule has 0 radical (unpaired) electrons. The van der Waals surface area contributed by atoms with Crippen molar-refractivity contribution in [2.24, 2.45) is 0 Å². The minimum Gasteiger partial charge on any atom is -0.462 e. The van der Waals surface area contributed by atoms with Crippen LogP contribution in [0.15, 0.2) is 47.6 Å². The fraction of sp³-hybridized carbons (Fsp3) is 0.211. The number of rotatable bonds is 7. The highest BCUT2D eigenvalue weighted by Gasteiger charge is 2.27. The minimum absolute atomic E-state index is 0.0741. The number of carbonyl (C=O) groups is 2. The van der Waals surface area contributed by atoms with E-state index >= 15 is 0 Å². The van der Waals surface area contributed by atoms with Gasteiger partial charge in [0, 0.05) is 17.1 Å². The highest BCUT2D eigenvalue weighted by atomic mass is 32.2. The summed E-state index contributed by atoms with van der Waals surface area (Å²) in [6, 6.07) is 11.1. The highest BCUT2D eigenvalue weighted by molar-refractivity contribution is 7.89. The van der Waals surface area contributed by atoms with Gasteiger partial charge in [0.1, 0.15) is 5.56 Å². The number of nitrogens with one attached hydrogen (secondary N) is 3. The normalized spacial score (nSPS) is 11.3. The van der Waals surface area contributed by atoms with E-state index in [2.05, 4.69) is 15.6 Å². The molecule has 11 heteroatoms. The van der Waals surface area contributed by atoms with Crippen LogP contribution in [-0.4, -0.2) is 41.7 Å². The summed E-state index contributed by atoms with van der Waals surface area (Å²) in [4.78, 5) is 26.5. The predicted molar refractivity (Wildman–Crippen MR) is 108 cm³/mol. The Balaban J connectivity index is 1.80. The first-order chi connectivity index (χ1) is 14.3. The molecule has 0 aliphatic heterocycles. The average Bonchev–Trinajstić information content (AvgIpc) is 3.32. The lowest BCUT2D eigenvalue weighted by atomic mass is 10.2. The van der Waals surface area contributed by atoms with Crippen LogP contribution in [0.4, 0.5) is 0 Å². The van der Waals surface area contributed by atoms with Crippen LogP contribution < -0.4 is 10.3 Å². The van der Waals surface area contributed by atoms with Gasteiger partial charge in [0.05, 0.1) is 18.4 Å². The van der Waals surface area contributed by atoms with Gasteiger partial charge >= 0.3 is 5.97 Å². The number of aryl methyl sites for hydroxylation is 1. The molecule has 3 N–H and O–H groups in total. The molecule has 3 rings (SSSR count). The lowest BCUT2D eigenvalue weighted by Crippen LogP contribution is -2.42. The number of aromatic amines is 1. The smallest absolute Gasteiger partial charge is 0.342 e. The van der Waals surface area contributed by atoms with Crippen molar-refractivity contribution in [3.05, 3.63) is 65.1 Å². The monoisotopic (exact) mass is 431 g/mol. The molecule has 0 spiro atoms. The van der Waals surface area contributed by atoms with Crippen molar-refractivity contribution in [1.82, 2.24) is 25.0 Å². The largest absolute Gasteiger partial charge is 0.462 e. The molecule has 0 unspecified atom stereocenters. The van der Waals surface area contributed by atoms with E-state index in [1.165, 1.54) is 0 Å². The van der Waals surface area contributed by atoms with Crippen LogP contribution in [0.1, 0.15) is 39.0 Å². The molecule has 0 saturated carbocycles. The Hall–Kier alpha value is -3.44. The zero-order valence-electron chi connectivity index (χ0n) is 16.6. The summed E-state index contributed by atoms with van der Waals surface area (Å²) < 4.78 is 31.7. The fourth-order valence-corrected chi connectivity index (χ4v) is 3.96. The number of ether oxygens (including phenoxy) is 1. The van der Waals surface area contributed by atoms with Gasteiger partial charge in [0.25, 0.3) is 15.9 Å². The third-order valence-corrected chi connectivity index (χ3v) is 5.58. The summed E-state index contributed by atoms with van der Waals surface area (Å²) >= 11 is 0. The lowest BCUT2D eigenvalue weighted by molar-refractivity contribution is 0.0521. The summed E-state index contributed by atoms with van der Waals surface area (Å²) in [7, 11) is -4.29. The first kappa shape index (κ1) is 21.3. The van der Waals surface area contributed by atoms with E-state index in [1.807, 2.05) is 46.7 Å². The maximum absolute atomic E-state index is 12.6. The Labute approximate surface area is 173 Å². The van der Waals surface area contributed by atoms with Crippen molar-refractivity contribution < 1.29 is 22.7 Å². The number of sulfonamides is 1. The molecule has 2 aromatic heterocycles. The van der Waals surface area contributed by atoms with Crippen molar-refractivity contribution in [3.63, 3.8) is 0 Å². The highest BCUT2D eigenvalue weighted by Crippen LogP contribution is 2.20. The Kier molecular flexibility index (Phi) is 6.04. The standard InChI is InChI=1S/C19H21N5O5S/c1-4-29-19(26)16-11-20-22-18(16)30(27,28)23-21-17(25)15-10-12(2)24(13(15)3)14-8-6-5-7-9-14/h5-11,23H,4H2,1-3H3,(H,20,22)(H,21,25). The lowest BCUT2D eigenvalue weighted by Gasteiger charge is -2.10. The molecule has 0 atom stereocenters. The summed E-state index contributed by atoms with van der Waals surface area (Å²) in [5.74, 6) is -1.49. The Morgan fingerprint density at radius 3 is 2.53 bits per heavy atom. The van der Waals surface area contributed by atoms with E-state index in [4.69, 9.17) is 4.74 Å². The first-order valence-electron chi connectivity index (χ1n) is 9.03. The second-order valence-corrected chi connectivity index (χ2v) is 7.97. The molecule has 2 heterocycles. The molecule has 1 aromatic carbocycles. The van der Waals surface area contributed by atoms with E-state index in [9.17, 15) is 18.0 Å². The van der Waals surface area contributed by atoms with Gasteiger partial charge < -0.3 is 9.30 Å². The second kappa shape index (κ2) is 8.51. The van der Waals surface area contributed by atoms with Gasteiger partial charge in [-0.2, -0.15) is 5.10 Å². The van der Waals surface area contributed by atoms with Gasteiger partial charge in [0.15, 0.2) is 5.03 Å². The van der Waals surface area contributed by atoms with E-state index in [-0.39, 0.29) is 12.2 Å². The first-order valence-corrected chi connectivity index (χ1v) is 10.5. The van der Waals surface area contributed by atoms with Gasteiger partial charge in [0.2, 0.25) is 0 Å². The number of nitrogens with zero attached hydrogens (tertiary/aromatic N) is 2. The number of esters is 1. The van der Waals surface area contributed by atoms with E-state index in [1.54, 1.807) is 19.9 Å². The Morgan fingerprint density at radius 1 is 1.17 bits per heavy atom. The van der Waals surface area contributed by atoms with Crippen LogP contribution in [0.2, 0.25) is 0 Å². The van der Waals surface area contributed by atoms with Crippen molar-refractivity contribution in [2.75, 3.05) is 6.61 Å². The molecule has 0 bridgehead atoms. The van der Waals surface area contributed by atoms with Gasteiger partial charge in [-0.05, 0) is 39.0 Å². The van der Waals surface area contributed by atoms with Gasteiger partial charge in [-0.1, -0.05) is 18.2 Å². The van der Waals surface area contributed by atoms with E-state index in [0.29, 0.717) is 11.3 Å². The quantitative estimate of drug-likeness (QED) is 0.384. The number of benzene rings is 1. The molecule has 0 aliphatic rings. The SMILES string of the molecule is CCOC(=O)c1cn[nH]c1S(=O)(=O)NNC(=O)c1cc(C)n(-c2ccccc2)c1C. The van der Waals surface area contributed by atoms with Crippen molar-refractivity contribution >= 4 is 21.9 Å². The number of carbonyl (C=O) groups excluding carboxylic acids is 2. The zero-order valence-corrected chi connectivity index (χ0v) is 17.4. The average molecular weight is 431 g/mol. The van der Waals surface area contributed by atoms with Gasteiger partial charge in [-0.3, -0.25) is 15.3 Å². The molecule has 3 aromatic rings. The zero-order chi connectivity index (χ0) is 21.9. The van der Waals surface area contributed by atoms with Gasteiger partial charge in [-0.15, -0.1) is 4.83 Å². The number of hydrogen-bond acceptors (Lipinski definition) is 6. The molecule has 0 fully saturated rings. The number of amides is 1. The van der Waals surface area contributed by atoms with Gasteiger partial charge in [-0.25, -0.2) is 13.2 Å². The number of hydrazine groups is 1. The molecule has 158 valence electrons. The Bertz CT molecular complexity index is 1180. The number of hydrogen-bond donors (Lipinski definition) is 3. The summed E-state index contributed by atoms with van der Waals surface area (Å²) in [6.45, 7) is 5.27. The number of H-pyrrole nitrogens is 1. The topological polar surface area (TPSA) is 135 Å². The van der Waals surface area contributed by atoms with Crippen molar-refractivity contribution in [2.45, 2.75) is 25.8 Å². The van der Waals surface area contributed by atoms with E-state index in [0.717, 1.165) is 17.6 Å². The molecule has 0 aliphatic carbocycles. The van der Waals surface area contributed by atoms with Crippen LogP contribution in [0, 0.1) is 13.8 Å². The maximum atomic E-state index is 12.6. The van der Waals surface area contributed by atoms with E-state index < -0.39 is 26.9 Å². The summed E-state index contributed by atoms with van der Waals surface area (Å²) in [5, 5.41) is 5.31. The fourth-order valence-electron chi connectivity index (χ4n) is 3.03. The molecular formula is C19H21N5O5S. The summed E-state index contributed by atoms with van der Waals surface area (Å²) in [6.07, 6.45) is 1.04. The number of aromatic nitrogens is 3. The predicted octanol–water partition coefficient (Wildman–Crippen LogP) is 1.62. The minimum atomic E-state index is -4.29. The van der Waals surface area contributed by atoms with Crippen molar-refractivity contribution in [3.8, 4) is 5.69 Å². The number of para-hydroxylation sites is 1. The van der Waals surface area contributed by atoms with Crippen LogP contribution in [0.3, 0.4) is 0 Å². The Morgan fingerprint density at radius 2 is 1.87 bits per heavy atom. The van der Waals surface area contributed by atoms with Crippen LogP contribution in [-0.2, 0) is 14.8 Å². The van der Waals surface area contributed by atoms with Crippen molar-refractivity contribution in [1.29, 1.82) is 0 Å². The molecule has 10 nitrogen and oxygen atoms in total. The molecule has 1 amide bonds. The van der Waals surface area contributed by atoms with Crippen LogP contribution in [0.5, 0.6) is 0 Å². The second-order valence-electron chi connectivity index (χ2n) is 6.35. The molecule has 30 heavy (non-hydrogen) atoms. The molecule has 0 saturated heterocycles. The third kappa shape index (κ3) is 4.11.